The average Bonchev–Trinajstić information content (AvgIpc) is 2.74. The summed E-state index contributed by atoms with van der Waals surface area (Å²) in [5, 5.41) is 0. The second kappa shape index (κ2) is 5.81. The predicted octanol–water partition coefficient (Wildman–Crippen LogP) is 6.57. The molecule has 1 nitrogen and oxygen atoms in total. The molecule has 0 spiro atoms. The molecule has 2 aliphatic carbocycles. The van der Waals surface area contributed by atoms with Crippen LogP contribution in [0.25, 0.3) is 12.2 Å². The molecular formula is C23H23NS. The van der Waals surface area contributed by atoms with E-state index in [0.717, 1.165) is 0 Å². The largest absolute Gasteiger partial charge is 0.338 e. The number of nitrogens with zero attached hydrogens (tertiary/aromatic N) is 1. The van der Waals surface area contributed by atoms with E-state index in [0.29, 0.717) is 12.0 Å². The topological polar surface area (TPSA) is 4.93 Å². The number of hydrogen-bond donors (Lipinski definition) is 0. The molecule has 2 aromatic rings. The van der Waals surface area contributed by atoms with Crippen molar-refractivity contribution < 1.29 is 0 Å². The summed E-state index contributed by atoms with van der Waals surface area (Å²) in [6.07, 6.45) is 15.5. The molecule has 2 bridgehead atoms. The third-order valence-corrected chi connectivity index (χ3v) is 6.65. The number of benzene rings is 1. The summed E-state index contributed by atoms with van der Waals surface area (Å²) >= 11 is 1.91. The highest BCUT2D eigenvalue weighted by Crippen LogP contribution is 2.49. The first-order valence-corrected chi connectivity index (χ1v) is 10.2. The molecular weight excluding hydrogens is 322 g/mol. The van der Waals surface area contributed by atoms with Crippen molar-refractivity contribution in [2.24, 2.45) is 0 Å². The Labute approximate surface area is 154 Å². The average molecular weight is 346 g/mol. The molecule has 2 heterocycles. The fraction of sp³-hybridized carbons (Fsp3) is 0.304. The number of aromatic nitrogens is 1. The van der Waals surface area contributed by atoms with E-state index in [9.17, 15) is 0 Å². The molecule has 0 amide bonds. The highest BCUT2D eigenvalue weighted by molar-refractivity contribution is 8.03. The van der Waals surface area contributed by atoms with Gasteiger partial charge < -0.3 is 4.57 Å². The second-order valence-electron chi connectivity index (χ2n) is 7.44. The van der Waals surface area contributed by atoms with E-state index < -0.39 is 0 Å². The van der Waals surface area contributed by atoms with E-state index in [1.165, 1.54) is 46.0 Å². The van der Waals surface area contributed by atoms with Crippen LogP contribution in [0.3, 0.4) is 0 Å². The van der Waals surface area contributed by atoms with Crippen LogP contribution in [0.1, 0.15) is 66.7 Å². The van der Waals surface area contributed by atoms with E-state index in [1.54, 1.807) is 11.1 Å². The molecule has 1 atom stereocenters. The van der Waals surface area contributed by atoms with E-state index in [1.807, 2.05) is 11.8 Å². The molecule has 5 rings (SSSR count). The van der Waals surface area contributed by atoms with Crippen molar-refractivity contribution in [1.82, 2.24) is 4.57 Å². The van der Waals surface area contributed by atoms with Gasteiger partial charge in [0.1, 0.15) is 0 Å². The van der Waals surface area contributed by atoms with Gasteiger partial charge in [-0.3, -0.25) is 0 Å². The lowest BCUT2D eigenvalue weighted by atomic mass is 9.87. The molecule has 1 unspecified atom stereocenters. The Morgan fingerprint density at radius 3 is 2.84 bits per heavy atom. The molecule has 1 aromatic heterocycles. The molecule has 2 heteroatoms. The summed E-state index contributed by atoms with van der Waals surface area (Å²) < 4.78 is 2.56. The summed E-state index contributed by atoms with van der Waals surface area (Å²) in [5.41, 5.74) is 7.45. The molecule has 0 saturated carbocycles. The Hall–Kier alpha value is -1.93. The number of allylic oxidation sites excluding steroid dienone is 3. The molecule has 0 fully saturated rings. The first-order chi connectivity index (χ1) is 12.2. The normalized spacial score (nSPS) is 20.4. The number of thioether (sulfide) groups is 1. The standard InChI is InChI=1S/C23H23NS/c1-15(2)24-20-10-5-3-4-9-18(20)23-19-14-16(12-13-21(23)24)25-22-11-7-6-8-17(19)22/h5-8,10-15,19H,3-4,9H2,1-2H3. The van der Waals surface area contributed by atoms with Crippen molar-refractivity contribution in [3.05, 3.63) is 75.5 Å². The zero-order chi connectivity index (χ0) is 17.0. The Bertz CT molecular complexity index is 939. The highest BCUT2D eigenvalue weighted by atomic mass is 32.2. The lowest BCUT2D eigenvalue weighted by molar-refractivity contribution is 0.592. The Morgan fingerprint density at radius 2 is 1.96 bits per heavy atom. The molecule has 3 aliphatic rings. The Balaban J connectivity index is 1.83. The van der Waals surface area contributed by atoms with Crippen LogP contribution in [0.5, 0.6) is 0 Å². The molecule has 0 saturated heterocycles. The maximum atomic E-state index is 2.56. The highest BCUT2D eigenvalue weighted by Gasteiger charge is 2.32. The van der Waals surface area contributed by atoms with Gasteiger partial charge in [-0.25, -0.2) is 0 Å². The summed E-state index contributed by atoms with van der Waals surface area (Å²) in [5.74, 6) is 0.387. The van der Waals surface area contributed by atoms with Crippen molar-refractivity contribution in [1.29, 1.82) is 0 Å². The molecule has 1 aromatic carbocycles. The maximum Gasteiger partial charge on any atom is 0.0459 e. The van der Waals surface area contributed by atoms with Crippen LogP contribution in [0.2, 0.25) is 0 Å². The van der Waals surface area contributed by atoms with Gasteiger partial charge >= 0.3 is 0 Å². The van der Waals surface area contributed by atoms with Gasteiger partial charge in [-0.05, 0) is 74.1 Å². The van der Waals surface area contributed by atoms with Crippen molar-refractivity contribution in [3.63, 3.8) is 0 Å². The van der Waals surface area contributed by atoms with Crippen LogP contribution in [-0.4, -0.2) is 4.57 Å². The fourth-order valence-electron chi connectivity index (χ4n) is 4.54. The summed E-state index contributed by atoms with van der Waals surface area (Å²) in [6.45, 7) is 4.62. The summed E-state index contributed by atoms with van der Waals surface area (Å²) in [4.78, 5) is 2.80. The molecule has 126 valence electrons. The second-order valence-corrected chi connectivity index (χ2v) is 8.56. The van der Waals surface area contributed by atoms with Crippen LogP contribution >= 0.6 is 11.8 Å². The van der Waals surface area contributed by atoms with Crippen molar-refractivity contribution >= 4 is 23.9 Å². The summed E-state index contributed by atoms with van der Waals surface area (Å²) in [7, 11) is 0. The first-order valence-electron chi connectivity index (χ1n) is 9.34. The minimum atomic E-state index is 0.387. The first kappa shape index (κ1) is 15.3. The van der Waals surface area contributed by atoms with E-state index in [2.05, 4.69) is 73.1 Å². The van der Waals surface area contributed by atoms with Gasteiger partial charge in [-0.2, -0.15) is 0 Å². The number of hydrogen-bond acceptors (Lipinski definition) is 1. The summed E-state index contributed by atoms with van der Waals surface area (Å²) in [6, 6.07) is 9.42. The van der Waals surface area contributed by atoms with Gasteiger partial charge in [-0.15, -0.1) is 0 Å². The van der Waals surface area contributed by atoms with Gasteiger partial charge in [-0.1, -0.05) is 42.1 Å². The SMILES string of the molecule is CC(C)n1c2c(c3c1C=CC1=CC3c3ccccc3S1)CCCC=C2. The lowest BCUT2D eigenvalue weighted by Crippen LogP contribution is -2.07. The minimum absolute atomic E-state index is 0.387. The van der Waals surface area contributed by atoms with Crippen molar-refractivity contribution in [2.75, 3.05) is 0 Å². The fourth-order valence-corrected chi connectivity index (χ4v) is 5.59. The number of fused-ring (bicyclic) bond motifs is 7. The third kappa shape index (κ3) is 2.31. The van der Waals surface area contributed by atoms with Gasteiger partial charge in [0.2, 0.25) is 0 Å². The zero-order valence-electron chi connectivity index (χ0n) is 14.8. The third-order valence-electron chi connectivity index (χ3n) is 5.55. The van der Waals surface area contributed by atoms with Crippen LogP contribution in [0, 0.1) is 0 Å². The van der Waals surface area contributed by atoms with Crippen LogP contribution in [-0.2, 0) is 6.42 Å². The van der Waals surface area contributed by atoms with E-state index in [4.69, 9.17) is 0 Å². The Kier molecular flexibility index (Phi) is 3.56. The van der Waals surface area contributed by atoms with Gasteiger partial charge in [0.05, 0.1) is 0 Å². The quantitative estimate of drug-likeness (QED) is 0.566. The lowest BCUT2D eigenvalue weighted by Gasteiger charge is -2.23. The Morgan fingerprint density at radius 1 is 1.08 bits per heavy atom. The zero-order valence-corrected chi connectivity index (χ0v) is 15.6. The maximum absolute atomic E-state index is 2.56. The van der Waals surface area contributed by atoms with Crippen molar-refractivity contribution in [3.8, 4) is 0 Å². The molecule has 1 aliphatic heterocycles. The van der Waals surface area contributed by atoms with Crippen LogP contribution < -0.4 is 0 Å². The van der Waals surface area contributed by atoms with E-state index in [-0.39, 0.29) is 0 Å². The van der Waals surface area contributed by atoms with Gasteiger partial charge in [0, 0.05) is 33.1 Å². The van der Waals surface area contributed by atoms with Gasteiger partial charge in [0.15, 0.2) is 0 Å². The van der Waals surface area contributed by atoms with Crippen molar-refractivity contribution in [2.45, 2.75) is 50.0 Å². The smallest absolute Gasteiger partial charge is 0.0459 e. The van der Waals surface area contributed by atoms with E-state index >= 15 is 0 Å². The van der Waals surface area contributed by atoms with Crippen LogP contribution in [0.15, 0.2) is 52.3 Å². The minimum Gasteiger partial charge on any atom is -0.338 e. The monoisotopic (exact) mass is 345 g/mol. The predicted molar refractivity (Wildman–Crippen MR) is 108 cm³/mol. The number of rotatable bonds is 1. The molecule has 0 radical (unpaired) electrons. The molecule has 0 N–H and O–H groups in total. The van der Waals surface area contributed by atoms with Gasteiger partial charge in [0.25, 0.3) is 0 Å². The van der Waals surface area contributed by atoms with Crippen LogP contribution in [0.4, 0.5) is 0 Å². The molecule has 25 heavy (non-hydrogen) atoms.